The Kier molecular flexibility index (Phi) is 3.08. The van der Waals surface area contributed by atoms with Crippen molar-refractivity contribution < 1.29 is 4.79 Å². The van der Waals surface area contributed by atoms with Crippen LogP contribution < -0.4 is 5.32 Å². The third kappa shape index (κ3) is 2.06. The van der Waals surface area contributed by atoms with Crippen LogP contribution in [0.2, 0.25) is 0 Å². The Hall–Kier alpha value is -1.26. The third-order valence-corrected chi connectivity index (χ3v) is 2.71. The van der Waals surface area contributed by atoms with Crippen molar-refractivity contribution in [2.24, 2.45) is 0 Å². The van der Waals surface area contributed by atoms with Crippen molar-refractivity contribution in [3.05, 3.63) is 35.9 Å². The summed E-state index contributed by atoms with van der Waals surface area (Å²) < 4.78 is 0. The molecule has 1 fully saturated rings. The van der Waals surface area contributed by atoms with Crippen molar-refractivity contribution in [1.29, 1.82) is 0 Å². The molecule has 3 nitrogen and oxygen atoms in total. The molecule has 2 rings (SSSR count). The van der Waals surface area contributed by atoms with Crippen LogP contribution in [0.25, 0.3) is 0 Å². The molecule has 1 aromatic carbocycles. The molecule has 0 aliphatic carbocycles. The fourth-order valence-corrected chi connectivity index (χ4v) is 1.92. The molecule has 78 valence electrons. The van der Waals surface area contributed by atoms with Crippen molar-refractivity contribution >= 4 is 23.5 Å². The predicted octanol–water partition coefficient (Wildman–Crippen LogP) is 1.06. The van der Waals surface area contributed by atoms with Crippen LogP contribution in [-0.4, -0.2) is 35.4 Å². The van der Waals surface area contributed by atoms with Gasteiger partial charge in [-0.25, -0.2) is 0 Å². The third-order valence-electron chi connectivity index (χ3n) is 2.45. The zero-order chi connectivity index (χ0) is 10.7. The molecule has 1 amide bonds. The number of carbonyl (C=O) groups is 1. The molecule has 1 aliphatic rings. The van der Waals surface area contributed by atoms with Gasteiger partial charge < -0.3 is 4.90 Å². The number of nitrogens with zero attached hydrogens (tertiary/aromatic N) is 1. The van der Waals surface area contributed by atoms with E-state index in [2.05, 4.69) is 5.32 Å². The molecule has 1 atom stereocenters. The molecule has 15 heavy (non-hydrogen) atoms. The Bertz CT molecular complexity index is 366. The number of thiocarbonyl (C=S) groups is 1. The summed E-state index contributed by atoms with van der Waals surface area (Å²) in [5.74, 6) is 0.0340. The normalized spacial score (nSPS) is 20.3. The molecule has 4 heteroatoms. The molecule has 1 saturated heterocycles. The summed E-state index contributed by atoms with van der Waals surface area (Å²) in [7, 11) is 0. The minimum atomic E-state index is -0.104. The summed E-state index contributed by atoms with van der Waals surface area (Å²) in [5, 5.41) is 4.74. The molecular formula is C11H12N2OS. The molecule has 0 aromatic heterocycles. The van der Waals surface area contributed by atoms with E-state index in [9.17, 15) is 4.79 Å². The van der Waals surface area contributed by atoms with Gasteiger partial charge in [0.05, 0.1) is 0 Å². The standard InChI is InChI=1S/C11H12N2OS/c14-11(9-4-2-1-3-5-9)13-7-6-12-10(13)8-15/h1-5,8,10,12H,6-7H2. The van der Waals surface area contributed by atoms with E-state index >= 15 is 0 Å². The Morgan fingerprint density at radius 3 is 2.87 bits per heavy atom. The molecule has 0 bridgehead atoms. The van der Waals surface area contributed by atoms with E-state index in [1.54, 1.807) is 10.3 Å². The highest BCUT2D eigenvalue weighted by Gasteiger charge is 2.26. The van der Waals surface area contributed by atoms with Crippen molar-refractivity contribution in [1.82, 2.24) is 10.2 Å². The second-order valence-electron chi connectivity index (χ2n) is 3.40. The molecule has 0 spiro atoms. The van der Waals surface area contributed by atoms with Crippen LogP contribution >= 0.6 is 12.2 Å². The maximum atomic E-state index is 12.0. The van der Waals surface area contributed by atoms with Gasteiger partial charge >= 0.3 is 0 Å². The first-order valence-electron chi connectivity index (χ1n) is 4.87. The van der Waals surface area contributed by atoms with Gasteiger partial charge in [0.15, 0.2) is 0 Å². The summed E-state index contributed by atoms with van der Waals surface area (Å²) in [6, 6.07) is 9.27. The van der Waals surface area contributed by atoms with E-state index in [0.29, 0.717) is 12.1 Å². The minimum Gasteiger partial charge on any atom is -0.317 e. The van der Waals surface area contributed by atoms with Gasteiger partial charge in [0.25, 0.3) is 5.91 Å². The summed E-state index contributed by atoms with van der Waals surface area (Å²) in [6.45, 7) is 1.52. The second kappa shape index (κ2) is 4.51. The van der Waals surface area contributed by atoms with Crippen molar-refractivity contribution in [2.45, 2.75) is 6.17 Å². The zero-order valence-corrected chi connectivity index (χ0v) is 9.04. The van der Waals surface area contributed by atoms with E-state index in [1.165, 1.54) is 0 Å². The first-order valence-corrected chi connectivity index (χ1v) is 5.35. The average Bonchev–Trinajstić information content (AvgIpc) is 2.77. The van der Waals surface area contributed by atoms with Gasteiger partial charge in [-0.15, -0.1) is 0 Å². The van der Waals surface area contributed by atoms with Gasteiger partial charge in [0, 0.05) is 24.0 Å². The Labute approximate surface area is 94.1 Å². The number of nitrogens with one attached hydrogen (secondary N) is 1. The highest BCUT2D eigenvalue weighted by Crippen LogP contribution is 2.09. The zero-order valence-electron chi connectivity index (χ0n) is 8.22. The molecule has 1 N–H and O–H groups in total. The molecule has 1 aliphatic heterocycles. The van der Waals surface area contributed by atoms with Gasteiger partial charge in [-0.1, -0.05) is 30.4 Å². The monoisotopic (exact) mass is 220 g/mol. The van der Waals surface area contributed by atoms with E-state index in [4.69, 9.17) is 12.2 Å². The summed E-state index contributed by atoms with van der Waals surface area (Å²) >= 11 is 4.88. The quantitative estimate of drug-likeness (QED) is 0.756. The Morgan fingerprint density at radius 2 is 2.20 bits per heavy atom. The van der Waals surface area contributed by atoms with Crippen LogP contribution in [0.4, 0.5) is 0 Å². The van der Waals surface area contributed by atoms with Crippen molar-refractivity contribution in [3.63, 3.8) is 0 Å². The van der Waals surface area contributed by atoms with Gasteiger partial charge in [0.1, 0.15) is 6.17 Å². The predicted molar refractivity (Wildman–Crippen MR) is 62.9 cm³/mol. The number of rotatable bonds is 2. The lowest BCUT2D eigenvalue weighted by Crippen LogP contribution is -2.40. The fraction of sp³-hybridized carbons (Fsp3) is 0.273. The van der Waals surface area contributed by atoms with E-state index < -0.39 is 0 Å². The van der Waals surface area contributed by atoms with Gasteiger partial charge in [-0.05, 0) is 12.1 Å². The first-order chi connectivity index (χ1) is 7.33. The van der Waals surface area contributed by atoms with Gasteiger partial charge in [0.2, 0.25) is 0 Å². The summed E-state index contributed by atoms with van der Waals surface area (Å²) in [5.41, 5.74) is 0.711. The van der Waals surface area contributed by atoms with Crippen molar-refractivity contribution in [3.8, 4) is 0 Å². The molecule has 1 heterocycles. The lowest BCUT2D eigenvalue weighted by molar-refractivity contribution is 0.0769. The maximum absolute atomic E-state index is 12.0. The maximum Gasteiger partial charge on any atom is 0.255 e. The summed E-state index contributed by atoms with van der Waals surface area (Å²) in [6.07, 6.45) is -0.104. The smallest absolute Gasteiger partial charge is 0.255 e. The SMILES string of the molecule is O=C(c1ccccc1)N1CCNC1C=S. The van der Waals surface area contributed by atoms with Gasteiger partial charge in [-0.2, -0.15) is 0 Å². The molecule has 1 unspecified atom stereocenters. The van der Waals surface area contributed by atoms with E-state index in [-0.39, 0.29) is 12.1 Å². The van der Waals surface area contributed by atoms with Crippen LogP contribution in [0.3, 0.4) is 0 Å². The highest BCUT2D eigenvalue weighted by molar-refractivity contribution is 7.79. The van der Waals surface area contributed by atoms with Crippen LogP contribution in [0, 0.1) is 0 Å². The van der Waals surface area contributed by atoms with Crippen LogP contribution in [-0.2, 0) is 0 Å². The largest absolute Gasteiger partial charge is 0.317 e. The topological polar surface area (TPSA) is 32.3 Å². The number of hydrogen-bond donors (Lipinski definition) is 1. The summed E-state index contributed by atoms with van der Waals surface area (Å²) in [4.78, 5) is 13.8. The second-order valence-corrected chi connectivity index (χ2v) is 3.67. The average molecular weight is 220 g/mol. The molecule has 0 saturated carbocycles. The number of benzene rings is 1. The number of carbonyl (C=O) groups excluding carboxylic acids is 1. The Balaban J connectivity index is 2.18. The first kappa shape index (κ1) is 10.3. The fourth-order valence-electron chi connectivity index (χ4n) is 1.68. The molecule has 1 aromatic rings. The van der Waals surface area contributed by atoms with E-state index in [0.717, 1.165) is 6.54 Å². The lowest BCUT2D eigenvalue weighted by Gasteiger charge is -2.20. The number of hydrogen-bond acceptors (Lipinski definition) is 3. The van der Waals surface area contributed by atoms with Gasteiger partial charge in [-0.3, -0.25) is 10.1 Å². The van der Waals surface area contributed by atoms with E-state index in [1.807, 2.05) is 30.3 Å². The number of amides is 1. The molecule has 0 radical (unpaired) electrons. The Morgan fingerprint density at radius 1 is 1.47 bits per heavy atom. The van der Waals surface area contributed by atoms with Crippen LogP contribution in [0.1, 0.15) is 10.4 Å². The highest BCUT2D eigenvalue weighted by atomic mass is 32.1. The van der Waals surface area contributed by atoms with Crippen LogP contribution in [0.5, 0.6) is 0 Å². The lowest BCUT2D eigenvalue weighted by atomic mass is 10.2. The van der Waals surface area contributed by atoms with Crippen molar-refractivity contribution in [2.75, 3.05) is 13.1 Å². The van der Waals surface area contributed by atoms with Crippen LogP contribution in [0.15, 0.2) is 30.3 Å². The molecular weight excluding hydrogens is 208 g/mol. The minimum absolute atomic E-state index is 0.0340.